The average Bonchev–Trinajstić information content (AvgIpc) is 2.88. The van der Waals surface area contributed by atoms with E-state index in [0.29, 0.717) is 22.3 Å². The molecule has 0 amide bonds. The molecule has 4 aromatic rings. The van der Waals surface area contributed by atoms with E-state index in [1.54, 1.807) is 29.8 Å². The SMILES string of the molecule is Cc1cn2cc(-c3ncc4c(=O)[nH]ccc4n3)cc(F)c2n1. The molecular weight excluding hydrogens is 285 g/mol. The van der Waals surface area contributed by atoms with Crippen molar-refractivity contribution < 1.29 is 4.39 Å². The summed E-state index contributed by atoms with van der Waals surface area (Å²) in [6, 6.07) is 3.02. The van der Waals surface area contributed by atoms with Crippen LogP contribution in [0.25, 0.3) is 27.9 Å². The lowest BCUT2D eigenvalue weighted by molar-refractivity contribution is 0.630. The molecule has 0 spiro atoms. The van der Waals surface area contributed by atoms with Crippen LogP contribution < -0.4 is 5.56 Å². The Balaban J connectivity index is 1.96. The molecule has 0 radical (unpaired) electrons. The van der Waals surface area contributed by atoms with Crippen LogP contribution in [0.2, 0.25) is 0 Å². The van der Waals surface area contributed by atoms with Crippen molar-refractivity contribution in [2.45, 2.75) is 6.92 Å². The van der Waals surface area contributed by atoms with Gasteiger partial charge in [-0.25, -0.2) is 19.3 Å². The van der Waals surface area contributed by atoms with Gasteiger partial charge in [-0.3, -0.25) is 4.79 Å². The van der Waals surface area contributed by atoms with Crippen LogP contribution in [0, 0.1) is 12.7 Å². The van der Waals surface area contributed by atoms with Gasteiger partial charge in [0.25, 0.3) is 5.56 Å². The van der Waals surface area contributed by atoms with Crippen LogP contribution in [0.4, 0.5) is 4.39 Å². The molecule has 4 aromatic heterocycles. The van der Waals surface area contributed by atoms with Crippen molar-refractivity contribution >= 4 is 16.6 Å². The fraction of sp³-hybridized carbons (Fsp3) is 0.0667. The first-order valence-electron chi connectivity index (χ1n) is 6.61. The van der Waals surface area contributed by atoms with Gasteiger partial charge in [0.2, 0.25) is 0 Å². The largest absolute Gasteiger partial charge is 0.328 e. The third kappa shape index (κ3) is 1.86. The lowest BCUT2D eigenvalue weighted by Gasteiger charge is -2.03. The molecule has 0 aliphatic heterocycles. The van der Waals surface area contributed by atoms with Gasteiger partial charge in [0.1, 0.15) is 0 Å². The van der Waals surface area contributed by atoms with E-state index in [4.69, 9.17) is 0 Å². The Hall–Kier alpha value is -3.09. The van der Waals surface area contributed by atoms with Gasteiger partial charge in [-0.1, -0.05) is 0 Å². The van der Waals surface area contributed by atoms with E-state index in [9.17, 15) is 9.18 Å². The Morgan fingerprint density at radius 1 is 1.27 bits per heavy atom. The normalized spacial score (nSPS) is 11.4. The van der Waals surface area contributed by atoms with Crippen molar-refractivity contribution in [3.8, 4) is 11.4 Å². The predicted molar refractivity (Wildman–Crippen MR) is 79.0 cm³/mol. The highest BCUT2D eigenvalue weighted by Gasteiger charge is 2.11. The number of hydrogen-bond acceptors (Lipinski definition) is 4. The highest BCUT2D eigenvalue weighted by atomic mass is 19.1. The average molecular weight is 295 g/mol. The van der Waals surface area contributed by atoms with Crippen molar-refractivity contribution in [1.29, 1.82) is 0 Å². The van der Waals surface area contributed by atoms with Gasteiger partial charge >= 0.3 is 0 Å². The van der Waals surface area contributed by atoms with E-state index < -0.39 is 5.82 Å². The highest BCUT2D eigenvalue weighted by Crippen LogP contribution is 2.20. The summed E-state index contributed by atoms with van der Waals surface area (Å²) in [4.78, 5) is 26.8. The molecule has 4 heterocycles. The Morgan fingerprint density at radius 2 is 2.14 bits per heavy atom. The number of hydrogen-bond donors (Lipinski definition) is 1. The summed E-state index contributed by atoms with van der Waals surface area (Å²) < 4.78 is 15.7. The number of halogens is 1. The fourth-order valence-electron chi connectivity index (χ4n) is 2.41. The summed E-state index contributed by atoms with van der Waals surface area (Å²) in [6.07, 6.45) is 6.41. The van der Waals surface area contributed by atoms with Gasteiger partial charge in [-0.15, -0.1) is 0 Å². The Kier molecular flexibility index (Phi) is 2.56. The molecule has 108 valence electrons. The van der Waals surface area contributed by atoms with Crippen LogP contribution in [-0.2, 0) is 0 Å². The molecule has 6 nitrogen and oxygen atoms in total. The fourth-order valence-corrected chi connectivity index (χ4v) is 2.41. The number of aryl methyl sites for hydroxylation is 1. The smallest absolute Gasteiger partial charge is 0.258 e. The third-order valence-electron chi connectivity index (χ3n) is 3.40. The summed E-state index contributed by atoms with van der Waals surface area (Å²) in [5, 5.41) is 0.395. The lowest BCUT2D eigenvalue weighted by Crippen LogP contribution is -2.06. The van der Waals surface area contributed by atoms with Crippen LogP contribution >= 0.6 is 0 Å². The number of fused-ring (bicyclic) bond motifs is 2. The van der Waals surface area contributed by atoms with Crippen LogP contribution in [-0.4, -0.2) is 24.3 Å². The Labute approximate surface area is 123 Å². The van der Waals surface area contributed by atoms with Gasteiger partial charge < -0.3 is 9.38 Å². The number of rotatable bonds is 1. The number of pyridine rings is 2. The van der Waals surface area contributed by atoms with Crippen molar-refractivity contribution in [1.82, 2.24) is 24.3 Å². The maximum Gasteiger partial charge on any atom is 0.258 e. The second-order valence-electron chi connectivity index (χ2n) is 4.99. The predicted octanol–water partition coefficient (Wildman–Crippen LogP) is 2.08. The number of aromatic amines is 1. The molecule has 0 fully saturated rings. The van der Waals surface area contributed by atoms with Crippen molar-refractivity contribution in [2.24, 2.45) is 0 Å². The van der Waals surface area contributed by atoms with E-state index >= 15 is 0 Å². The first kappa shape index (κ1) is 12.6. The minimum Gasteiger partial charge on any atom is -0.328 e. The standard InChI is InChI=1S/C15H10FN5O/c1-8-6-21-7-9(4-11(16)14(21)19-8)13-18-5-10-12(20-13)2-3-17-15(10)22/h2-7H,1H3,(H,17,22). The maximum atomic E-state index is 14.1. The number of nitrogens with zero attached hydrogens (tertiary/aromatic N) is 4. The molecule has 0 atom stereocenters. The summed E-state index contributed by atoms with van der Waals surface area (Å²) in [5.74, 6) is -0.0922. The zero-order valence-corrected chi connectivity index (χ0v) is 11.5. The van der Waals surface area contributed by atoms with Gasteiger partial charge in [0.05, 0.1) is 16.6 Å². The van der Waals surface area contributed by atoms with E-state index in [2.05, 4.69) is 19.9 Å². The van der Waals surface area contributed by atoms with Gasteiger partial charge in [-0.2, -0.15) is 0 Å². The van der Waals surface area contributed by atoms with Gasteiger partial charge in [0.15, 0.2) is 17.3 Å². The van der Waals surface area contributed by atoms with Crippen LogP contribution in [0.5, 0.6) is 0 Å². The quantitative estimate of drug-likeness (QED) is 0.583. The minimum atomic E-state index is -0.444. The van der Waals surface area contributed by atoms with Crippen LogP contribution in [0.1, 0.15) is 5.69 Å². The van der Waals surface area contributed by atoms with Gasteiger partial charge in [-0.05, 0) is 19.1 Å². The monoisotopic (exact) mass is 295 g/mol. The summed E-state index contributed by atoms with van der Waals surface area (Å²) in [6.45, 7) is 1.80. The third-order valence-corrected chi connectivity index (χ3v) is 3.40. The molecule has 0 bridgehead atoms. The molecule has 22 heavy (non-hydrogen) atoms. The first-order valence-corrected chi connectivity index (χ1v) is 6.61. The zero-order chi connectivity index (χ0) is 15.3. The van der Waals surface area contributed by atoms with Crippen molar-refractivity contribution in [2.75, 3.05) is 0 Å². The second-order valence-corrected chi connectivity index (χ2v) is 4.99. The molecule has 0 unspecified atom stereocenters. The molecule has 0 aliphatic carbocycles. The second kappa shape index (κ2) is 4.45. The van der Waals surface area contributed by atoms with E-state index in [-0.39, 0.29) is 11.2 Å². The number of imidazole rings is 1. The van der Waals surface area contributed by atoms with Crippen LogP contribution in [0.15, 0.2) is 41.7 Å². The number of nitrogens with one attached hydrogen (secondary N) is 1. The number of H-pyrrole nitrogens is 1. The van der Waals surface area contributed by atoms with Gasteiger partial charge in [0, 0.05) is 30.4 Å². The first-order chi connectivity index (χ1) is 10.6. The Bertz CT molecular complexity index is 1080. The van der Waals surface area contributed by atoms with E-state index in [1.807, 2.05) is 0 Å². The Morgan fingerprint density at radius 3 is 3.00 bits per heavy atom. The van der Waals surface area contributed by atoms with E-state index in [1.165, 1.54) is 18.5 Å². The van der Waals surface area contributed by atoms with Crippen molar-refractivity contribution in [3.63, 3.8) is 0 Å². The molecule has 0 saturated carbocycles. The molecule has 1 N–H and O–H groups in total. The number of aromatic nitrogens is 5. The minimum absolute atomic E-state index is 0.254. The molecule has 7 heteroatoms. The molecule has 4 rings (SSSR count). The molecule has 0 saturated heterocycles. The molecular formula is C15H10FN5O. The van der Waals surface area contributed by atoms with Crippen LogP contribution in [0.3, 0.4) is 0 Å². The molecule has 0 aromatic carbocycles. The molecule has 0 aliphatic rings. The zero-order valence-electron chi connectivity index (χ0n) is 11.5. The topological polar surface area (TPSA) is 75.9 Å². The summed E-state index contributed by atoms with van der Waals surface area (Å²) >= 11 is 0. The lowest BCUT2D eigenvalue weighted by atomic mass is 10.2. The van der Waals surface area contributed by atoms with E-state index in [0.717, 1.165) is 5.69 Å². The van der Waals surface area contributed by atoms with Crippen molar-refractivity contribution in [3.05, 3.63) is 58.8 Å². The highest BCUT2D eigenvalue weighted by molar-refractivity contribution is 5.78. The maximum absolute atomic E-state index is 14.1. The summed E-state index contributed by atoms with van der Waals surface area (Å²) in [7, 11) is 0. The summed E-state index contributed by atoms with van der Waals surface area (Å²) in [5.41, 5.74) is 1.76.